The molecule has 0 atom stereocenters. The monoisotopic (exact) mass is 413 g/mol. The molecule has 3 aromatic rings. The number of thiophene rings is 1. The Kier molecular flexibility index (Phi) is 6.44. The molecule has 0 radical (unpaired) electrons. The Bertz CT molecular complexity index is 862. The number of hydrogen-bond acceptors (Lipinski definition) is 5. The summed E-state index contributed by atoms with van der Waals surface area (Å²) in [5.74, 6) is 0.916. The summed E-state index contributed by atoms with van der Waals surface area (Å²) in [6.45, 7) is 3.11. The molecule has 148 valence electrons. The number of guanidine groups is 1. The number of benzene rings is 1. The van der Waals surface area contributed by atoms with Gasteiger partial charge in [0.1, 0.15) is 0 Å². The van der Waals surface area contributed by atoms with E-state index in [1.165, 1.54) is 14.7 Å². The Balaban J connectivity index is 1.18. The van der Waals surface area contributed by atoms with Crippen LogP contribution in [0, 0.1) is 0 Å². The Hall–Kier alpha value is -2.12. The smallest absolute Gasteiger partial charge is 0.191 e. The van der Waals surface area contributed by atoms with E-state index in [-0.39, 0.29) is 0 Å². The molecule has 1 saturated heterocycles. The number of piperidine rings is 1. The molecule has 2 N–H and O–H groups in total. The van der Waals surface area contributed by atoms with Crippen LogP contribution in [0.5, 0.6) is 0 Å². The molecule has 0 unspecified atom stereocenters. The van der Waals surface area contributed by atoms with Gasteiger partial charge in [0.05, 0.1) is 20.2 Å². The van der Waals surface area contributed by atoms with Crippen molar-refractivity contribution < 1.29 is 0 Å². The summed E-state index contributed by atoms with van der Waals surface area (Å²) < 4.78 is 1.27. The average Bonchev–Trinajstić information content (AvgIpc) is 3.40. The number of fused-ring (bicyclic) bond motifs is 1. The van der Waals surface area contributed by atoms with Gasteiger partial charge in [-0.3, -0.25) is 4.99 Å². The van der Waals surface area contributed by atoms with Gasteiger partial charge in [0.15, 0.2) is 5.96 Å². The summed E-state index contributed by atoms with van der Waals surface area (Å²) in [6, 6.07) is 13.2. The molecule has 5 nitrogen and oxygen atoms in total. The normalized spacial score (nSPS) is 15.9. The highest BCUT2D eigenvalue weighted by atomic mass is 32.1. The van der Waals surface area contributed by atoms with Crippen LogP contribution in [0.25, 0.3) is 10.2 Å². The summed E-state index contributed by atoms with van der Waals surface area (Å²) in [7, 11) is 1.85. The van der Waals surface area contributed by atoms with Crippen LogP contribution in [0.15, 0.2) is 46.8 Å². The average molecular weight is 414 g/mol. The highest BCUT2D eigenvalue weighted by molar-refractivity contribution is 7.18. The zero-order valence-electron chi connectivity index (χ0n) is 16.2. The molecular weight excluding hydrogens is 386 g/mol. The van der Waals surface area contributed by atoms with Gasteiger partial charge >= 0.3 is 0 Å². The first-order valence-corrected chi connectivity index (χ1v) is 11.6. The van der Waals surface area contributed by atoms with E-state index in [2.05, 4.69) is 56.2 Å². The van der Waals surface area contributed by atoms with E-state index in [4.69, 9.17) is 4.98 Å². The zero-order chi connectivity index (χ0) is 19.2. The number of anilines is 1. The van der Waals surface area contributed by atoms with E-state index >= 15 is 0 Å². The molecule has 0 saturated carbocycles. The van der Waals surface area contributed by atoms with Crippen molar-refractivity contribution in [1.82, 2.24) is 15.6 Å². The molecule has 0 amide bonds. The van der Waals surface area contributed by atoms with Crippen molar-refractivity contribution in [2.75, 3.05) is 31.6 Å². The number of aryl methyl sites for hydroxylation is 1. The Morgan fingerprint density at radius 2 is 2.07 bits per heavy atom. The molecule has 1 aromatic carbocycles. The molecule has 3 heterocycles. The fourth-order valence-electron chi connectivity index (χ4n) is 3.56. The van der Waals surface area contributed by atoms with Crippen LogP contribution in [-0.2, 0) is 6.42 Å². The molecule has 0 aliphatic carbocycles. The third-order valence-corrected chi connectivity index (χ3v) is 7.10. The molecule has 28 heavy (non-hydrogen) atoms. The van der Waals surface area contributed by atoms with E-state index in [0.717, 1.165) is 56.8 Å². The van der Waals surface area contributed by atoms with Crippen LogP contribution >= 0.6 is 22.7 Å². The number of nitrogens with zero attached hydrogens (tertiary/aromatic N) is 3. The van der Waals surface area contributed by atoms with Crippen molar-refractivity contribution in [3.05, 3.63) is 46.8 Å². The van der Waals surface area contributed by atoms with Gasteiger partial charge in [0.2, 0.25) is 0 Å². The summed E-state index contributed by atoms with van der Waals surface area (Å²) in [5, 5.41) is 11.8. The number of rotatable bonds is 6. The van der Waals surface area contributed by atoms with Gasteiger partial charge in [-0.05, 0) is 48.9 Å². The number of aliphatic imine (C=N–C) groups is 1. The van der Waals surface area contributed by atoms with Crippen molar-refractivity contribution in [1.29, 1.82) is 0 Å². The van der Waals surface area contributed by atoms with E-state index in [1.54, 1.807) is 11.3 Å². The molecule has 7 heteroatoms. The number of thiazole rings is 1. The summed E-state index contributed by atoms with van der Waals surface area (Å²) >= 11 is 3.63. The van der Waals surface area contributed by atoms with Crippen molar-refractivity contribution in [3.8, 4) is 0 Å². The Morgan fingerprint density at radius 1 is 1.21 bits per heavy atom. The highest BCUT2D eigenvalue weighted by Gasteiger charge is 2.20. The number of nitrogens with one attached hydrogen (secondary N) is 2. The lowest BCUT2D eigenvalue weighted by molar-refractivity contribution is 0.462. The number of para-hydroxylation sites is 1. The fourth-order valence-corrected chi connectivity index (χ4v) is 5.35. The van der Waals surface area contributed by atoms with Gasteiger partial charge in [-0.2, -0.15) is 0 Å². The van der Waals surface area contributed by atoms with Gasteiger partial charge in [-0.1, -0.05) is 12.1 Å². The molecule has 1 aliphatic heterocycles. The minimum Gasteiger partial charge on any atom is -0.363 e. The molecule has 0 spiro atoms. The maximum atomic E-state index is 4.71. The van der Waals surface area contributed by atoms with E-state index in [9.17, 15) is 0 Å². The fraction of sp³-hybridized carbons (Fsp3) is 0.429. The third kappa shape index (κ3) is 4.83. The van der Waals surface area contributed by atoms with Crippen LogP contribution < -0.4 is 15.5 Å². The first-order valence-electron chi connectivity index (χ1n) is 9.92. The van der Waals surface area contributed by atoms with Crippen LogP contribution in [0.3, 0.4) is 0 Å². The minimum atomic E-state index is 0.492. The van der Waals surface area contributed by atoms with Gasteiger partial charge in [-0.25, -0.2) is 4.98 Å². The van der Waals surface area contributed by atoms with Gasteiger partial charge in [0, 0.05) is 39.1 Å². The predicted octanol–water partition coefficient (Wildman–Crippen LogP) is 4.12. The Labute approximate surface area is 174 Å². The first-order chi connectivity index (χ1) is 13.8. The van der Waals surface area contributed by atoms with Crippen LogP contribution in [0.4, 0.5) is 5.00 Å². The predicted molar refractivity (Wildman–Crippen MR) is 122 cm³/mol. The molecule has 2 aromatic heterocycles. The maximum absolute atomic E-state index is 4.71. The zero-order valence-corrected chi connectivity index (χ0v) is 17.9. The first kappa shape index (κ1) is 19.2. The molecular formula is C21H27N5S2. The van der Waals surface area contributed by atoms with E-state index in [0.29, 0.717) is 6.04 Å². The van der Waals surface area contributed by atoms with Crippen molar-refractivity contribution in [2.24, 2.45) is 4.99 Å². The molecule has 4 rings (SSSR count). The van der Waals surface area contributed by atoms with E-state index < -0.39 is 0 Å². The second kappa shape index (κ2) is 9.39. The number of hydrogen-bond donors (Lipinski definition) is 2. The lowest BCUT2D eigenvalue weighted by Crippen LogP contribution is -2.48. The second-order valence-electron chi connectivity index (χ2n) is 7.03. The quantitative estimate of drug-likeness (QED) is 0.363. The number of aromatic nitrogens is 1. The van der Waals surface area contributed by atoms with Crippen molar-refractivity contribution in [3.63, 3.8) is 0 Å². The lowest BCUT2D eigenvalue weighted by Gasteiger charge is -2.33. The topological polar surface area (TPSA) is 52.6 Å². The SMILES string of the molecule is CN=C(NCCCc1nc2ccccc2s1)NC1CCN(c2cccs2)CC1. The summed E-state index contributed by atoms with van der Waals surface area (Å²) in [5.41, 5.74) is 1.11. The van der Waals surface area contributed by atoms with Crippen LogP contribution in [0.2, 0.25) is 0 Å². The maximum Gasteiger partial charge on any atom is 0.191 e. The van der Waals surface area contributed by atoms with Crippen LogP contribution in [-0.4, -0.2) is 43.7 Å². The van der Waals surface area contributed by atoms with Crippen molar-refractivity contribution in [2.45, 2.75) is 31.7 Å². The largest absolute Gasteiger partial charge is 0.363 e. The lowest BCUT2D eigenvalue weighted by atomic mass is 10.1. The molecule has 1 aliphatic rings. The molecule has 0 bridgehead atoms. The van der Waals surface area contributed by atoms with E-state index in [1.807, 2.05) is 24.5 Å². The molecule has 1 fully saturated rings. The van der Waals surface area contributed by atoms with Gasteiger partial charge in [-0.15, -0.1) is 22.7 Å². The Morgan fingerprint density at radius 3 is 2.82 bits per heavy atom. The minimum absolute atomic E-state index is 0.492. The third-order valence-electron chi connectivity index (χ3n) is 5.08. The second-order valence-corrected chi connectivity index (χ2v) is 9.08. The standard InChI is InChI=1S/C21H27N5S2/c1-22-21(24-16-10-13-26(14-11-16)20-9-5-15-27-20)23-12-4-8-19-25-17-6-2-3-7-18(17)28-19/h2-3,5-7,9,15-16H,4,8,10-14H2,1H3,(H2,22,23,24). The van der Waals surface area contributed by atoms with Crippen LogP contribution in [0.1, 0.15) is 24.3 Å². The summed E-state index contributed by atoms with van der Waals surface area (Å²) in [4.78, 5) is 11.6. The summed E-state index contributed by atoms with van der Waals surface area (Å²) in [6.07, 6.45) is 4.34. The van der Waals surface area contributed by atoms with Gasteiger partial charge < -0.3 is 15.5 Å². The van der Waals surface area contributed by atoms with Gasteiger partial charge in [0.25, 0.3) is 0 Å². The van der Waals surface area contributed by atoms with Crippen molar-refractivity contribution >= 4 is 43.9 Å². The highest BCUT2D eigenvalue weighted by Crippen LogP contribution is 2.25.